The largest absolute Gasteiger partial charge is 0.473 e. The van der Waals surface area contributed by atoms with E-state index < -0.39 is 41.3 Å². The van der Waals surface area contributed by atoms with Gasteiger partial charge in [-0.05, 0) is 25.0 Å². The maximum atomic E-state index is 14.2. The van der Waals surface area contributed by atoms with Gasteiger partial charge >= 0.3 is 11.9 Å². The van der Waals surface area contributed by atoms with Crippen LogP contribution in [0.25, 0.3) is 0 Å². The molecule has 0 aromatic heterocycles. The number of carbonyl (C=O) groups is 3. The number of nitrogens with zero attached hydrogens (tertiary/aromatic N) is 1. The van der Waals surface area contributed by atoms with Crippen molar-refractivity contribution in [1.82, 2.24) is 0 Å². The number of halogens is 1. The molecule has 1 saturated carbocycles. The lowest BCUT2D eigenvalue weighted by molar-refractivity contribution is -0.175. The van der Waals surface area contributed by atoms with Gasteiger partial charge < -0.3 is 20.7 Å². The number of carboxylic acid groups (broad SMARTS) is 1. The molecular weight excluding hydrogens is 323 g/mol. The van der Waals surface area contributed by atoms with E-state index >= 15 is 0 Å². The van der Waals surface area contributed by atoms with Gasteiger partial charge in [0.1, 0.15) is 17.5 Å². The SMILES string of the molecule is N#Cc1ccc(C2(N)CCC(OC(=O)C(=O)O)C(O)C2=O)c(F)c1. The maximum Gasteiger partial charge on any atom is 0.417 e. The standard InChI is InChI=1S/C15H13FN2O6/c16-9-5-7(6-17)1-2-8(9)15(18)4-3-10(11(19)12(15)20)24-14(23)13(21)22/h1-2,5,10-11,19H,3-4,18H2,(H,21,22). The van der Waals surface area contributed by atoms with E-state index in [0.717, 1.165) is 6.07 Å². The molecular formula is C15H13FN2O6. The highest BCUT2D eigenvalue weighted by molar-refractivity contribution is 6.28. The van der Waals surface area contributed by atoms with Crippen LogP contribution in [0.5, 0.6) is 0 Å². The average molecular weight is 336 g/mol. The van der Waals surface area contributed by atoms with Gasteiger partial charge in [-0.25, -0.2) is 14.0 Å². The minimum atomic E-state index is -1.89. The Morgan fingerprint density at radius 2 is 2.12 bits per heavy atom. The number of hydrogen-bond donors (Lipinski definition) is 3. The van der Waals surface area contributed by atoms with Crippen molar-refractivity contribution >= 4 is 17.7 Å². The Kier molecular flexibility index (Phi) is 4.64. The molecule has 0 radical (unpaired) electrons. The molecule has 3 atom stereocenters. The summed E-state index contributed by atoms with van der Waals surface area (Å²) < 4.78 is 18.7. The first-order valence-corrected chi connectivity index (χ1v) is 6.86. The molecule has 2 rings (SSSR count). The lowest BCUT2D eigenvalue weighted by atomic mass is 9.73. The summed E-state index contributed by atoms with van der Waals surface area (Å²) in [7, 11) is 0. The van der Waals surface area contributed by atoms with Crippen molar-refractivity contribution in [2.75, 3.05) is 0 Å². The number of ether oxygens (including phenoxy) is 1. The molecule has 126 valence electrons. The summed E-state index contributed by atoms with van der Waals surface area (Å²) in [6.45, 7) is 0. The van der Waals surface area contributed by atoms with Crippen LogP contribution >= 0.6 is 0 Å². The number of Topliss-reactive ketones (excluding diaryl/α,β-unsaturated/α-hetero) is 1. The fourth-order valence-corrected chi connectivity index (χ4v) is 2.61. The van der Waals surface area contributed by atoms with Crippen molar-refractivity contribution in [3.63, 3.8) is 0 Å². The highest BCUT2D eigenvalue weighted by atomic mass is 19.1. The zero-order valence-corrected chi connectivity index (χ0v) is 12.2. The molecule has 0 heterocycles. The van der Waals surface area contributed by atoms with Crippen LogP contribution < -0.4 is 5.73 Å². The van der Waals surface area contributed by atoms with E-state index in [1.807, 2.05) is 0 Å². The van der Waals surface area contributed by atoms with E-state index in [9.17, 15) is 23.9 Å². The minimum Gasteiger partial charge on any atom is -0.473 e. The molecule has 0 aliphatic heterocycles. The highest BCUT2D eigenvalue weighted by Gasteiger charge is 2.49. The molecule has 24 heavy (non-hydrogen) atoms. The number of hydrogen-bond acceptors (Lipinski definition) is 7. The van der Waals surface area contributed by atoms with E-state index in [4.69, 9.17) is 16.1 Å². The predicted octanol–water partition coefficient (Wildman–Crippen LogP) is -0.428. The first-order valence-electron chi connectivity index (χ1n) is 6.86. The Bertz CT molecular complexity index is 759. The summed E-state index contributed by atoms with van der Waals surface area (Å²) in [4.78, 5) is 33.9. The number of aliphatic hydroxyl groups excluding tert-OH is 1. The van der Waals surface area contributed by atoms with E-state index in [1.165, 1.54) is 12.1 Å². The Hall–Kier alpha value is -2.83. The van der Waals surface area contributed by atoms with E-state index in [0.29, 0.717) is 0 Å². The molecule has 0 amide bonds. The smallest absolute Gasteiger partial charge is 0.417 e. The second-order valence-corrected chi connectivity index (χ2v) is 5.37. The number of nitrogens with two attached hydrogens (primary N) is 1. The van der Waals surface area contributed by atoms with Gasteiger partial charge in [-0.3, -0.25) is 4.79 Å². The van der Waals surface area contributed by atoms with Gasteiger partial charge in [0.15, 0.2) is 11.9 Å². The van der Waals surface area contributed by atoms with Gasteiger partial charge in [0.25, 0.3) is 0 Å². The second-order valence-electron chi connectivity index (χ2n) is 5.37. The third kappa shape index (κ3) is 2.97. The minimum absolute atomic E-state index is 0.0388. The number of rotatable bonds is 2. The zero-order valence-electron chi connectivity index (χ0n) is 12.2. The zero-order chi connectivity index (χ0) is 18.1. The van der Waals surface area contributed by atoms with Crippen molar-refractivity contribution < 1.29 is 33.7 Å². The quantitative estimate of drug-likeness (QED) is 0.486. The Balaban J connectivity index is 2.28. The van der Waals surface area contributed by atoms with Crippen LogP contribution in [0.1, 0.15) is 24.0 Å². The Morgan fingerprint density at radius 1 is 1.46 bits per heavy atom. The van der Waals surface area contributed by atoms with Crippen molar-refractivity contribution in [2.45, 2.75) is 30.6 Å². The van der Waals surface area contributed by atoms with Crippen molar-refractivity contribution in [3.8, 4) is 6.07 Å². The summed E-state index contributed by atoms with van der Waals surface area (Å²) in [6.07, 6.45) is -3.58. The lowest BCUT2D eigenvalue weighted by Crippen LogP contribution is -2.58. The van der Waals surface area contributed by atoms with E-state index in [2.05, 4.69) is 4.74 Å². The Labute approximate surface area is 135 Å². The predicted molar refractivity (Wildman–Crippen MR) is 74.7 cm³/mol. The Morgan fingerprint density at radius 3 is 2.67 bits per heavy atom. The van der Waals surface area contributed by atoms with Crippen molar-refractivity contribution in [2.24, 2.45) is 5.73 Å². The maximum absolute atomic E-state index is 14.2. The van der Waals surface area contributed by atoms with Gasteiger partial charge in [-0.15, -0.1) is 0 Å². The van der Waals surface area contributed by atoms with Crippen LogP contribution in [0.15, 0.2) is 18.2 Å². The van der Waals surface area contributed by atoms with Crippen molar-refractivity contribution in [3.05, 3.63) is 35.1 Å². The van der Waals surface area contributed by atoms with E-state index in [1.54, 1.807) is 6.07 Å². The van der Waals surface area contributed by atoms with Crippen LogP contribution in [0.3, 0.4) is 0 Å². The van der Waals surface area contributed by atoms with Crippen LogP contribution in [0.4, 0.5) is 4.39 Å². The molecule has 0 saturated heterocycles. The molecule has 1 aliphatic carbocycles. The van der Waals surface area contributed by atoms with Gasteiger partial charge in [0.05, 0.1) is 11.6 Å². The second kappa shape index (κ2) is 6.35. The monoisotopic (exact) mass is 336 g/mol. The summed E-state index contributed by atoms with van der Waals surface area (Å²) in [5, 5.41) is 27.2. The third-order valence-corrected chi connectivity index (χ3v) is 3.90. The highest BCUT2D eigenvalue weighted by Crippen LogP contribution is 2.35. The average Bonchev–Trinajstić information content (AvgIpc) is 2.55. The number of ketones is 1. The number of carbonyl (C=O) groups excluding carboxylic acids is 2. The molecule has 3 unspecified atom stereocenters. The molecule has 1 aromatic carbocycles. The molecule has 1 aromatic rings. The third-order valence-electron chi connectivity index (χ3n) is 3.90. The van der Waals surface area contributed by atoms with Crippen molar-refractivity contribution in [1.29, 1.82) is 5.26 Å². The van der Waals surface area contributed by atoms with Gasteiger partial charge in [0.2, 0.25) is 0 Å². The fraction of sp³-hybridized carbons (Fsp3) is 0.333. The number of benzene rings is 1. The van der Waals surface area contributed by atoms with Crippen LogP contribution in [0, 0.1) is 17.1 Å². The molecule has 9 heteroatoms. The van der Waals surface area contributed by atoms with E-state index in [-0.39, 0.29) is 24.0 Å². The van der Waals surface area contributed by atoms with Gasteiger partial charge in [0, 0.05) is 5.56 Å². The number of aliphatic hydroxyl groups is 1. The summed E-state index contributed by atoms with van der Waals surface area (Å²) in [5.41, 5.74) is 3.94. The van der Waals surface area contributed by atoms with Crippen LogP contribution in [-0.4, -0.2) is 40.1 Å². The number of nitriles is 1. The molecule has 1 fully saturated rings. The number of esters is 1. The lowest BCUT2D eigenvalue weighted by Gasteiger charge is -2.38. The normalized spacial score (nSPS) is 26.5. The number of aliphatic carboxylic acids is 1. The molecule has 4 N–H and O–H groups in total. The van der Waals surface area contributed by atoms with Crippen LogP contribution in [-0.2, 0) is 24.7 Å². The topological polar surface area (TPSA) is 151 Å². The summed E-state index contributed by atoms with van der Waals surface area (Å²) in [6, 6.07) is 5.12. The van der Waals surface area contributed by atoms with Gasteiger partial charge in [-0.2, -0.15) is 5.26 Å². The van der Waals surface area contributed by atoms with Crippen LogP contribution in [0.2, 0.25) is 0 Å². The fourth-order valence-electron chi connectivity index (χ4n) is 2.61. The van der Waals surface area contributed by atoms with Gasteiger partial charge in [-0.1, -0.05) is 6.07 Å². The molecule has 1 aliphatic rings. The molecule has 0 spiro atoms. The molecule has 0 bridgehead atoms. The summed E-state index contributed by atoms with van der Waals surface area (Å²) >= 11 is 0. The molecule has 8 nitrogen and oxygen atoms in total. The first kappa shape index (κ1) is 17.5. The first-order chi connectivity index (χ1) is 11.2. The summed E-state index contributed by atoms with van der Waals surface area (Å²) in [5.74, 6) is -5.35. The number of carboxylic acids is 1.